The molecule has 0 bridgehead atoms. The highest BCUT2D eigenvalue weighted by molar-refractivity contribution is 6.36. The first-order valence-corrected chi connectivity index (χ1v) is 6.58. The molecule has 0 atom stereocenters. The molecule has 0 radical (unpaired) electrons. The molecule has 1 amide bonds. The van der Waals surface area contributed by atoms with E-state index in [-0.39, 0.29) is 5.69 Å². The van der Waals surface area contributed by atoms with Crippen molar-refractivity contribution >= 4 is 34.8 Å². The van der Waals surface area contributed by atoms with Crippen LogP contribution in [0.2, 0.25) is 10.0 Å². The van der Waals surface area contributed by atoms with E-state index < -0.39 is 5.91 Å². The lowest BCUT2D eigenvalue weighted by atomic mass is 10.3. The molecule has 1 N–H and O–H groups in total. The summed E-state index contributed by atoms with van der Waals surface area (Å²) in [7, 11) is 0. The van der Waals surface area contributed by atoms with Crippen LogP contribution in [0.5, 0.6) is 5.88 Å². The number of anilines is 1. The second kappa shape index (κ2) is 6.54. The Balaban J connectivity index is 2.11. The van der Waals surface area contributed by atoms with Crippen LogP contribution in [0.15, 0.2) is 30.3 Å². The highest BCUT2D eigenvalue weighted by Crippen LogP contribution is 2.25. The summed E-state index contributed by atoms with van der Waals surface area (Å²) in [6, 6.07) is 7.89. The molecule has 2 aromatic rings. The summed E-state index contributed by atoms with van der Waals surface area (Å²) >= 11 is 11.8. The molecule has 0 unspecified atom stereocenters. The Kier molecular flexibility index (Phi) is 4.76. The van der Waals surface area contributed by atoms with Gasteiger partial charge in [-0.2, -0.15) is 0 Å². The topological polar surface area (TPSA) is 64.1 Å². The molecule has 0 aliphatic rings. The summed E-state index contributed by atoms with van der Waals surface area (Å²) in [5.41, 5.74) is 0.622. The van der Waals surface area contributed by atoms with E-state index >= 15 is 0 Å². The van der Waals surface area contributed by atoms with E-state index in [1.165, 1.54) is 6.07 Å². The molecule has 0 saturated heterocycles. The van der Waals surface area contributed by atoms with E-state index in [1.54, 1.807) is 24.3 Å². The van der Waals surface area contributed by atoms with Crippen LogP contribution < -0.4 is 10.1 Å². The quantitative estimate of drug-likeness (QED) is 0.939. The van der Waals surface area contributed by atoms with Crippen LogP contribution in [-0.2, 0) is 0 Å². The minimum absolute atomic E-state index is 0.166. The van der Waals surface area contributed by atoms with E-state index in [4.69, 9.17) is 27.9 Å². The second-order valence-corrected chi connectivity index (χ2v) is 4.61. The van der Waals surface area contributed by atoms with E-state index in [1.807, 2.05) is 6.92 Å². The number of nitrogens with one attached hydrogen (secondary N) is 1. The molecule has 0 aliphatic heterocycles. The fourth-order valence-corrected chi connectivity index (χ4v) is 1.90. The number of rotatable bonds is 4. The molecule has 1 aromatic carbocycles. The van der Waals surface area contributed by atoms with Crippen LogP contribution >= 0.6 is 23.2 Å². The molecule has 0 aliphatic carbocycles. The fourth-order valence-electron chi connectivity index (χ4n) is 1.44. The number of aromatic nitrogens is 2. The zero-order valence-corrected chi connectivity index (χ0v) is 12.1. The van der Waals surface area contributed by atoms with Crippen molar-refractivity contribution in [2.45, 2.75) is 6.92 Å². The van der Waals surface area contributed by atoms with Gasteiger partial charge in [0.15, 0.2) is 5.69 Å². The van der Waals surface area contributed by atoms with Gasteiger partial charge in [-0.05, 0) is 31.2 Å². The standard InChI is InChI=1S/C13H11Cl2N3O2/c1-2-20-12-6-5-11(17-18-12)13(19)16-10-4-3-8(14)7-9(10)15/h3-7H,2H2,1H3,(H,16,19). The highest BCUT2D eigenvalue weighted by atomic mass is 35.5. The molecule has 1 aromatic heterocycles. The largest absolute Gasteiger partial charge is 0.477 e. The van der Waals surface area contributed by atoms with Gasteiger partial charge in [-0.3, -0.25) is 4.79 Å². The molecule has 1 heterocycles. The Morgan fingerprint density at radius 2 is 2.05 bits per heavy atom. The first-order valence-electron chi connectivity index (χ1n) is 5.83. The molecule has 0 fully saturated rings. The maximum Gasteiger partial charge on any atom is 0.276 e. The van der Waals surface area contributed by atoms with Crippen LogP contribution in [0.3, 0.4) is 0 Å². The summed E-state index contributed by atoms with van der Waals surface area (Å²) in [5, 5.41) is 11.0. The average Bonchev–Trinajstić information content (AvgIpc) is 2.43. The first kappa shape index (κ1) is 14.6. The van der Waals surface area contributed by atoms with E-state index in [0.29, 0.717) is 28.2 Å². The van der Waals surface area contributed by atoms with Crippen molar-refractivity contribution in [3.8, 4) is 5.88 Å². The van der Waals surface area contributed by atoms with Crippen LogP contribution in [-0.4, -0.2) is 22.7 Å². The summed E-state index contributed by atoms with van der Waals surface area (Å²) in [4.78, 5) is 12.0. The van der Waals surface area contributed by atoms with Gasteiger partial charge >= 0.3 is 0 Å². The van der Waals surface area contributed by atoms with Crippen molar-refractivity contribution in [3.63, 3.8) is 0 Å². The van der Waals surface area contributed by atoms with Crippen molar-refractivity contribution in [3.05, 3.63) is 46.1 Å². The average molecular weight is 312 g/mol. The van der Waals surface area contributed by atoms with Crippen molar-refractivity contribution in [2.75, 3.05) is 11.9 Å². The van der Waals surface area contributed by atoms with Gasteiger partial charge in [0, 0.05) is 11.1 Å². The predicted molar refractivity (Wildman–Crippen MR) is 77.6 cm³/mol. The lowest BCUT2D eigenvalue weighted by Crippen LogP contribution is -2.14. The van der Waals surface area contributed by atoms with Gasteiger partial charge in [-0.15, -0.1) is 10.2 Å². The summed E-state index contributed by atoms with van der Waals surface area (Å²) in [6.45, 7) is 2.32. The summed E-state index contributed by atoms with van der Waals surface area (Å²) in [5.74, 6) is -0.0432. The number of amides is 1. The molecule has 104 valence electrons. The van der Waals surface area contributed by atoms with E-state index in [0.717, 1.165) is 0 Å². The SMILES string of the molecule is CCOc1ccc(C(=O)Nc2ccc(Cl)cc2Cl)nn1. The Bertz CT molecular complexity index is 618. The normalized spacial score (nSPS) is 10.2. The van der Waals surface area contributed by atoms with Gasteiger partial charge in [0.05, 0.1) is 17.3 Å². The Labute approximate surface area is 125 Å². The molecule has 7 heteroatoms. The third kappa shape index (κ3) is 3.59. The van der Waals surface area contributed by atoms with Crippen molar-refractivity contribution < 1.29 is 9.53 Å². The summed E-state index contributed by atoms with van der Waals surface area (Å²) in [6.07, 6.45) is 0. The Morgan fingerprint density at radius 1 is 1.25 bits per heavy atom. The minimum Gasteiger partial charge on any atom is -0.477 e. The molecule has 20 heavy (non-hydrogen) atoms. The van der Waals surface area contributed by atoms with Crippen LogP contribution in [0.1, 0.15) is 17.4 Å². The number of hydrogen-bond acceptors (Lipinski definition) is 4. The summed E-state index contributed by atoms with van der Waals surface area (Å²) < 4.78 is 5.15. The molecular weight excluding hydrogens is 301 g/mol. The van der Waals surface area contributed by atoms with Gasteiger partial charge in [0.2, 0.25) is 5.88 Å². The second-order valence-electron chi connectivity index (χ2n) is 3.77. The van der Waals surface area contributed by atoms with Crippen LogP contribution in [0, 0.1) is 0 Å². The molecule has 5 nitrogen and oxygen atoms in total. The Hall–Kier alpha value is -1.85. The van der Waals surface area contributed by atoms with Gasteiger partial charge in [-0.25, -0.2) is 0 Å². The zero-order chi connectivity index (χ0) is 14.5. The maximum absolute atomic E-state index is 12.0. The van der Waals surface area contributed by atoms with Gasteiger partial charge in [-0.1, -0.05) is 23.2 Å². The number of hydrogen-bond donors (Lipinski definition) is 1. The van der Waals surface area contributed by atoms with E-state index in [2.05, 4.69) is 15.5 Å². The first-order chi connectivity index (χ1) is 9.60. The fraction of sp³-hybridized carbons (Fsp3) is 0.154. The van der Waals surface area contributed by atoms with Crippen molar-refractivity contribution in [2.24, 2.45) is 0 Å². The van der Waals surface area contributed by atoms with Crippen molar-refractivity contribution in [1.82, 2.24) is 10.2 Å². The predicted octanol–water partition coefficient (Wildman–Crippen LogP) is 3.43. The number of ether oxygens (including phenoxy) is 1. The molecular formula is C13H11Cl2N3O2. The highest BCUT2D eigenvalue weighted by Gasteiger charge is 2.11. The van der Waals surface area contributed by atoms with Crippen molar-refractivity contribution in [1.29, 1.82) is 0 Å². The molecule has 0 saturated carbocycles. The third-order valence-corrected chi connectivity index (χ3v) is 2.89. The minimum atomic E-state index is -0.412. The Morgan fingerprint density at radius 3 is 2.65 bits per heavy atom. The van der Waals surface area contributed by atoms with Crippen LogP contribution in [0.25, 0.3) is 0 Å². The van der Waals surface area contributed by atoms with Gasteiger partial charge < -0.3 is 10.1 Å². The van der Waals surface area contributed by atoms with Gasteiger partial charge in [0.1, 0.15) is 0 Å². The maximum atomic E-state index is 12.0. The van der Waals surface area contributed by atoms with Crippen LogP contribution in [0.4, 0.5) is 5.69 Å². The zero-order valence-electron chi connectivity index (χ0n) is 10.6. The van der Waals surface area contributed by atoms with E-state index in [9.17, 15) is 4.79 Å². The monoisotopic (exact) mass is 311 g/mol. The number of carbonyl (C=O) groups is 1. The number of benzene rings is 1. The lowest BCUT2D eigenvalue weighted by molar-refractivity contribution is 0.102. The van der Waals surface area contributed by atoms with Gasteiger partial charge in [0.25, 0.3) is 5.91 Å². The third-order valence-electron chi connectivity index (χ3n) is 2.34. The number of nitrogens with zero attached hydrogens (tertiary/aromatic N) is 2. The smallest absolute Gasteiger partial charge is 0.276 e. The number of halogens is 2. The lowest BCUT2D eigenvalue weighted by Gasteiger charge is -2.07. The molecule has 2 rings (SSSR count). The molecule has 0 spiro atoms. The number of carbonyl (C=O) groups excluding carboxylic acids is 1.